The second-order valence-electron chi connectivity index (χ2n) is 4.43. The van der Waals surface area contributed by atoms with Crippen molar-refractivity contribution in [1.82, 2.24) is 9.55 Å². The van der Waals surface area contributed by atoms with Gasteiger partial charge in [0.1, 0.15) is 0 Å². The van der Waals surface area contributed by atoms with E-state index in [-0.39, 0.29) is 11.6 Å². The lowest BCUT2D eigenvalue weighted by molar-refractivity contribution is 0.526. The summed E-state index contributed by atoms with van der Waals surface area (Å²) in [4.78, 5) is 15.4. The van der Waals surface area contributed by atoms with Crippen molar-refractivity contribution in [2.45, 2.75) is 30.8 Å². The lowest BCUT2D eigenvalue weighted by Crippen LogP contribution is -2.14. The molecule has 19 heavy (non-hydrogen) atoms. The van der Waals surface area contributed by atoms with E-state index in [1.54, 1.807) is 6.20 Å². The first-order valence-electron chi connectivity index (χ1n) is 6.03. The minimum atomic E-state index is -0.210. The van der Waals surface area contributed by atoms with Crippen LogP contribution in [-0.2, 0) is 5.75 Å². The first kappa shape index (κ1) is 14.2. The van der Waals surface area contributed by atoms with Crippen molar-refractivity contribution in [2.24, 2.45) is 0 Å². The number of thioether (sulfide) groups is 1. The maximum absolute atomic E-state index is 11.4. The summed E-state index contributed by atoms with van der Waals surface area (Å²) >= 11 is 7.65. The van der Waals surface area contributed by atoms with Crippen LogP contribution in [0.5, 0.6) is 0 Å². The van der Waals surface area contributed by atoms with Gasteiger partial charge in [-0.1, -0.05) is 41.6 Å². The second-order valence-corrected chi connectivity index (χ2v) is 5.78. The van der Waals surface area contributed by atoms with Gasteiger partial charge in [-0.3, -0.25) is 4.79 Å². The predicted molar refractivity (Wildman–Crippen MR) is 79.9 cm³/mol. The molecule has 0 fully saturated rings. The summed E-state index contributed by atoms with van der Waals surface area (Å²) in [5.41, 5.74) is 0.834. The van der Waals surface area contributed by atoms with Gasteiger partial charge in [-0.25, -0.2) is 0 Å². The van der Waals surface area contributed by atoms with Gasteiger partial charge in [0.15, 0.2) is 5.16 Å². The Hall–Kier alpha value is -1.26. The highest BCUT2D eigenvalue weighted by Crippen LogP contribution is 2.26. The van der Waals surface area contributed by atoms with Crippen LogP contribution in [0.1, 0.15) is 25.5 Å². The Kier molecular flexibility index (Phi) is 4.66. The van der Waals surface area contributed by atoms with Gasteiger partial charge in [0.25, 0.3) is 5.56 Å². The number of hydrogen-bond donors (Lipinski definition) is 0. The fraction of sp³-hybridized carbons (Fsp3) is 0.286. The van der Waals surface area contributed by atoms with E-state index in [9.17, 15) is 4.79 Å². The van der Waals surface area contributed by atoms with Crippen molar-refractivity contribution >= 4 is 23.4 Å². The van der Waals surface area contributed by atoms with Gasteiger partial charge in [-0.05, 0) is 25.5 Å². The van der Waals surface area contributed by atoms with Crippen LogP contribution in [-0.4, -0.2) is 9.55 Å². The van der Waals surface area contributed by atoms with Crippen LogP contribution < -0.4 is 5.56 Å². The summed E-state index contributed by atoms with van der Waals surface area (Å²) in [7, 11) is 0. The van der Waals surface area contributed by atoms with E-state index < -0.39 is 0 Å². The summed E-state index contributed by atoms with van der Waals surface area (Å²) in [6.07, 6.45) is 1.79. The third-order valence-electron chi connectivity index (χ3n) is 2.68. The first-order valence-corrected chi connectivity index (χ1v) is 7.39. The van der Waals surface area contributed by atoms with Crippen LogP contribution in [0.15, 0.2) is 46.5 Å². The van der Waals surface area contributed by atoms with Crippen LogP contribution in [0.3, 0.4) is 0 Å². The standard InChI is InChI=1S/C14H15ClN2OS/c1-10(2)17-8-7-13(18)16-14(17)19-9-11-5-3-4-6-12(11)15/h3-8,10H,9H2,1-2H3. The molecule has 1 heterocycles. The van der Waals surface area contributed by atoms with Gasteiger partial charge in [-0.15, -0.1) is 0 Å². The molecule has 3 nitrogen and oxygen atoms in total. The molecule has 0 aliphatic heterocycles. The molecule has 0 unspecified atom stereocenters. The van der Waals surface area contributed by atoms with E-state index in [0.717, 1.165) is 15.7 Å². The van der Waals surface area contributed by atoms with Crippen LogP contribution >= 0.6 is 23.4 Å². The zero-order valence-electron chi connectivity index (χ0n) is 10.8. The Morgan fingerprint density at radius 3 is 2.74 bits per heavy atom. The van der Waals surface area contributed by atoms with Gasteiger partial charge in [0, 0.05) is 29.1 Å². The number of hydrogen-bond acceptors (Lipinski definition) is 3. The van der Waals surface area contributed by atoms with Crippen molar-refractivity contribution in [3.8, 4) is 0 Å². The van der Waals surface area contributed by atoms with E-state index in [1.807, 2.05) is 28.8 Å². The quantitative estimate of drug-likeness (QED) is 0.636. The van der Waals surface area contributed by atoms with E-state index >= 15 is 0 Å². The molecule has 0 N–H and O–H groups in total. The summed E-state index contributed by atoms with van der Waals surface area (Å²) in [6, 6.07) is 9.46. The molecule has 0 bridgehead atoms. The van der Waals surface area contributed by atoms with Crippen molar-refractivity contribution in [3.63, 3.8) is 0 Å². The maximum atomic E-state index is 11.4. The van der Waals surface area contributed by atoms with E-state index in [1.165, 1.54) is 17.8 Å². The summed E-state index contributed by atoms with van der Waals surface area (Å²) in [6.45, 7) is 4.12. The highest BCUT2D eigenvalue weighted by Gasteiger charge is 2.08. The van der Waals surface area contributed by atoms with Crippen molar-refractivity contribution < 1.29 is 0 Å². The summed E-state index contributed by atoms with van der Waals surface area (Å²) < 4.78 is 1.99. The average molecular weight is 295 g/mol. The fourth-order valence-electron chi connectivity index (χ4n) is 1.65. The predicted octanol–water partition coefficient (Wildman–Crippen LogP) is 3.77. The molecule has 5 heteroatoms. The Labute approximate surface area is 121 Å². The van der Waals surface area contributed by atoms with Crippen molar-refractivity contribution in [1.29, 1.82) is 0 Å². The molecule has 0 spiro atoms. The zero-order valence-corrected chi connectivity index (χ0v) is 12.4. The Morgan fingerprint density at radius 2 is 2.05 bits per heavy atom. The molecule has 0 radical (unpaired) electrons. The minimum absolute atomic E-state index is 0.210. The normalized spacial score (nSPS) is 10.9. The minimum Gasteiger partial charge on any atom is -0.325 e. The number of rotatable bonds is 4. The molecule has 2 rings (SSSR count). The molecular weight excluding hydrogens is 280 g/mol. The molecule has 2 aromatic rings. The average Bonchev–Trinajstić information content (AvgIpc) is 2.37. The van der Waals surface area contributed by atoms with E-state index in [0.29, 0.717) is 5.75 Å². The zero-order chi connectivity index (χ0) is 13.8. The molecule has 1 aromatic heterocycles. The lowest BCUT2D eigenvalue weighted by Gasteiger charge is -2.15. The van der Waals surface area contributed by atoms with Crippen LogP contribution in [0.2, 0.25) is 5.02 Å². The van der Waals surface area contributed by atoms with Gasteiger partial charge >= 0.3 is 0 Å². The largest absolute Gasteiger partial charge is 0.325 e. The van der Waals surface area contributed by atoms with Crippen LogP contribution in [0.25, 0.3) is 0 Å². The molecule has 1 aromatic carbocycles. The van der Waals surface area contributed by atoms with E-state index in [4.69, 9.17) is 11.6 Å². The fourth-order valence-corrected chi connectivity index (χ4v) is 3.05. The molecule has 0 saturated carbocycles. The van der Waals surface area contributed by atoms with Gasteiger partial charge in [0.05, 0.1) is 0 Å². The van der Waals surface area contributed by atoms with Crippen LogP contribution in [0, 0.1) is 0 Å². The monoisotopic (exact) mass is 294 g/mol. The molecule has 0 aliphatic rings. The van der Waals surface area contributed by atoms with Gasteiger partial charge in [0.2, 0.25) is 0 Å². The Morgan fingerprint density at radius 1 is 1.32 bits per heavy atom. The number of aromatic nitrogens is 2. The SMILES string of the molecule is CC(C)n1ccc(=O)nc1SCc1ccccc1Cl. The third kappa shape index (κ3) is 3.61. The topological polar surface area (TPSA) is 34.9 Å². The highest BCUT2D eigenvalue weighted by atomic mass is 35.5. The molecule has 100 valence electrons. The third-order valence-corrected chi connectivity index (χ3v) is 4.06. The first-order chi connectivity index (χ1) is 9.08. The molecule has 0 aliphatic carbocycles. The number of halogens is 1. The smallest absolute Gasteiger partial charge is 0.273 e. The Balaban J connectivity index is 2.22. The number of benzene rings is 1. The van der Waals surface area contributed by atoms with Crippen LogP contribution in [0.4, 0.5) is 0 Å². The summed E-state index contributed by atoms with van der Waals surface area (Å²) in [5, 5.41) is 1.46. The van der Waals surface area contributed by atoms with Gasteiger partial charge < -0.3 is 4.57 Å². The molecular formula is C14H15ClN2OS. The second kappa shape index (κ2) is 6.26. The van der Waals surface area contributed by atoms with E-state index in [2.05, 4.69) is 18.8 Å². The lowest BCUT2D eigenvalue weighted by atomic mass is 10.2. The molecule has 0 saturated heterocycles. The van der Waals surface area contributed by atoms with Crippen molar-refractivity contribution in [3.05, 3.63) is 57.5 Å². The number of nitrogens with zero attached hydrogens (tertiary/aromatic N) is 2. The summed E-state index contributed by atoms with van der Waals surface area (Å²) in [5.74, 6) is 0.697. The molecule has 0 atom stereocenters. The Bertz CT molecular complexity index is 625. The molecule has 0 amide bonds. The van der Waals surface area contributed by atoms with Crippen molar-refractivity contribution in [2.75, 3.05) is 0 Å². The van der Waals surface area contributed by atoms with Gasteiger partial charge in [-0.2, -0.15) is 4.98 Å². The maximum Gasteiger partial charge on any atom is 0.273 e. The highest BCUT2D eigenvalue weighted by molar-refractivity contribution is 7.98.